The van der Waals surface area contributed by atoms with E-state index in [-0.39, 0.29) is 21.3 Å². The molecule has 0 bridgehead atoms. The van der Waals surface area contributed by atoms with Gasteiger partial charge in [-0.25, -0.2) is 0 Å². The third-order valence-corrected chi connectivity index (χ3v) is 4.79. The molecule has 0 aliphatic carbocycles. The molecule has 0 spiro atoms. The van der Waals surface area contributed by atoms with Gasteiger partial charge in [0.15, 0.2) is 5.78 Å². The zero-order valence-electron chi connectivity index (χ0n) is 13.5. The smallest absolute Gasteiger partial charge is 0.268 e. The van der Waals surface area contributed by atoms with Gasteiger partial charge >= 0.3 is 0 Å². The van der Waals surface area contributed by atoms with E-state index < -0.39 is 5.91 Å². The average Bonchev–Trinajstić information content (AvgIpc) is 2.63. The van der Waals surface area contributed by atoms with Gasteiger partial charge in [0.2, 0.25) is 0 Å². The molecule has 0 radical (unpaired) electrons. The van der Waals surface area contributed by atoms with Crippen molar-refractivity contribution in [3.63, 3.8) is 0 Å². The number of nitriles is 1. The second kappa shape index (κ2) is 9.11. The Bertz CT molecular complexity index is 838. The van der Waals surface area contributed by atoms with Gasteiger partial charge in [-0.1, -0.05) is 48.0 Å². The number of hydrogen-bond donors (Lipinski definition) is 2. The van der Waals surface area contributed by atoms with Crippen molar-refractivity contribution in [2.24, 2.45) is 0 Å². The zero-order valence-corrected chi connectivity index (χ0v) is 15.2. The van der Waals surface area contributed by atoms with Gasteiger partial charge in [-0.2, -0.15) is 5.26 Å². The Morgan fingerprint density at radius 1 is 1.12 bits per heavy atom. The maximum absolute atomic E-state index is 12.2. The summed E-state index contributed by atoms with van der Waals surface area (Å²) in [5, 5.41) is 11.9. The summed E-state index contributed by atoms with van der Waals surface area (Å²) in [5.74, 6) is -0.532. The highest BCUT2D eigenvalue weighted by Crippen LogP contribution is 2.25. The van der Waals surface area contributed by atoms with Gasteiger partial charge in [-0.3, -0.25) is 9.59 Å². The highest BCUT2D eigenvalue weighted by Gasteiger charge is 2.15. The number of nitrogens with one attached hydrogen (secondary N) is 1. The normalized spacial score (nSPS) is 11.2. The van der Waals surface area contributed by atoms with Crippen molar-refractivity contribution in [2.45, 2.75) is 6.92 Å². The van der Waals surface area contributed by atoms with Gasteiger partial charge in [0, 0.05) is 11.3 Å². The van der Waals surface area contributed by atoms with E-state index in [1.165, 1.54) is 0 Å². The van der Waals surface area contributed by atoms with Crippen LogP contribution in [0.25, 0.3) is 0 Å². The number of rotatable bonds is 6. The standard InChI is InChI=1S/C19H16N2O2S2/c1-13-7-9-15(10-8-13)21-18(23)16(11-20)19(24)25-12-17(22)14-5-3-2-4-6-14/h2-10,24H,12H2,1H3,(H,21,23)/b19-16+. The van der Waals surface area contributed by atoms with Crippen LogP contribution in [0.3, 0.4) is 0 Å². The molecule has 126 valence electrons. The maximum Gasteiger partial charge on any atom is 0.268 e. The van der Waals surface area contributed by atoms with Crippen molar-refractivity contribution in [3.05, 3.63) is 75.5 Å². The lowest BCUT2D eigenvalue weighted by molar-refractivity contribution is -0.112. The molecular formula is C19H16N2O2S2. The monoisotopic (exact) mass is 368 g/mol. The molecule has 0 atom stereocenters. The van der Waals surface area contributed by atoms with E-state index in [9.17, 15) is 14.9 Å². The Balaban J connectivity index is 2.03. The fourth-order valence-corrected chi connectivity index (χ4v) is 3.00. The number of carbonyl (C=O) groups is 2. The number of aryl methyl sites for hydroxylation is 1. The molecule has 0 unspecified atom stereocenters. The number of ketones is 1. The van der Waals surface area contributed by atoms with Crippen LogP contribution in [0.2, 0.25) is 0 Å². The van der Waals surface area contributed by atoms with Crippen LogP contribution < -0.4 is 5.32 Å². The van der Waals surface area contributed by atoms with Crippen molar-refractivity contribution in [1.82, 2.24) is 0 Å². The van der Waals surface area contributed by atoms with Crippen molar-refractivity contribution in [2.75, 3.05) is 11.1 Å². The fraction of sp³-hybridized carbons (Fsp3) is 0.105. The minimum Gasteiger partial charge on any atom is -0.321 e. The van der Waals surface area contributed by atoms with Gasteiger partial charge in [0.05, 0.1) is 9.99 Å². The topological polar surface area (TPSA) is 70.0 Å². The molecule has 0 saturated carbocycles. The number of carbonyl (C=O) groups excluding carboxylic acids is 2. The number of benzene rings is 2. The lowest BCUT2D eigenvalue weighted by atomic mass is 10.2. The fourth-order valence-electron chi connectivity index (χ4n) is 1.94. The van der Waals surface area contributed by atoms with Crippen LogP contribution in [0.1, 0.15) is 15.9 Å². The molecule has 4 nitrogen and oxygen atoms in total. The molecular weight excluding hydrogens is 352 g/mol. The van der Waals surface area contributed by atoms with Crippen LogP contribution in [0, 0.1) is 18.3 Å². The summed E-state index contributed by atoms with van der Waals surface area (Å²) in [6.07, 6.45) is 0. The molecule has 0 heterocycles. The van der Waals surface area contributed by atoms with Crippen LogP contribution in [0.15, 0.2) is 64.4 Å². The predicted octanol–water partition coefficient (Wildman–Crippen LogP) is 4.21. The summed E-state index contributed by atoms with van der Waals surface area (Å²) >= 11 is 5.29. The van der Waals surface area contributed by atoms with Gasteiger partial charge in [0.25, 0.3) is 5.91 Å². The molecule has 0 aliphatic rings. The second-order valence-corrected chi connectivity index (χ2v) is 6.93. The molecule has 1 amide bonds. The highest BCUT2D eigenvalue weighted by molar-refractivity contribution is 8.16. The lowest BCUT2D eigenvalue weighted by Crippen LogP contribution is -2.14. The van der Waals surface area contributed by atoms with E-state index in [1.807, 2.05) is 31.2 Å². The molecule has 25 heavy (non-hydrogen) atoms. The Labute approximate surface area is 156 Å². The summed E-state index contributed by atoms with van der Waals surface area (Å²) in [5.41, 5.74) is 2.13. The van der Waals surface area contributed by atoms with Crippen LogP contribution in [-0.4, -0.2) is 17.4 Å². The molecule has 2 rings (SSSR count). The summed E-state index contributed by atoms with van der Waals surface area (Å²) in [6.45, 7) is 1.94. The van der Waals surface area contributed by atoms with E-state index in [0.29, 0.717) is 11.3 Å². The first kappa shape index (κ1) is 18.8. The van der Waals surface area contributed by atoms with Crippen LogP contribution in [0.5, 0.6) is 0 Å². The minimum absolute atomic E-state index is 0.0895. The van der Waals surface area contributed by atoms with Gasteiger partial charge < -0.3 is 5.32 Å². The summed E-state index contributed by atoms with van der Waals surface area (Å²) in [7, 11) is 0. The second-order valence-electron chi connectivity index (χ2n) is 5.19. The van der Waals surface area contributed by atoms with Crippen molar-refractivity contribution in [1.29, 1.82) is 5.26 Å². The number of amides is 1. The number of Topliss-reactive ketones (excluding diaryl/α,β-unsaturated/α-hetero) is 1. The summed E-state index contributed by atoms with van der Waals surface area (Å²) in [4.78, 5) is 24.3. The molecule has 0 fully saturated rings. The van der Waals surface area contributed by atoms with Gasteiger partial charge in [-0.15, -0.1) is 24.4 Å². The van der Waals surface area contributed by atoms with Crippen LogP contribution >= 0.6 is 24.4 Å². The zero-order chi connectivity index (χ0) is 18.2. The van der Waals surface area contributed by atoms with E-state index in [1.54, 1.807) is 36.4 Å². The molecule has 0 saturated heterocycles. The molecule has 6 heteroatoms. The molecule has 1 N–H and O–H groups in total. The predicted molar refractivity (Wildman–Crippen MR) is 105 cm³/mol. The number of hydrogen-bond acceptors (Lipinski definition) is 5. The van der Waals surface area contributed by atoms with Crippen molar-refractivity contribution < 1.29 is 9.59 Å². The Morgan fingerprint density at radius 2 is 1.76 bits per heavy atom. The summed E-state index contributed by atoms with van der Waals surface area (Å²) in [6, 6.07) is 17.9. The van der Waals surface area contributed by atoms with E-state index >= 15 is 0 Å². The number of nitrogens with zero attached hydrogens (tertiary/aromatic N) is 1. The lowest BCUT2D eigenvalue weighted by Gasteiger charge is -2.07. The first-order valence-electron chi connectivity index (χ1n) is 7.43. The Hall–Kier alpha value is -2.49. The molecule has 0 aliphatic heterocycles. The SMILES string of the molecule is Cc1ccc(NC(=O)/C(C#N)=C(\S)SCC(=O)c2ccccc2)cc1. The molecule has 2 aromatic rings. The largest absolute Gasteiger partial charge is 0.321 e. The number of thiol groups is 1. The number of anilines is 1. The third-order valence-electron chi connectivity index (χ3n) is 3.30. The molecule has 0 aromatic heterocycles. The third kappa shape index (κ3) is 5.52. The van der Waals surface area contributed by atoms with Gasteiger partial charge in [-0.05, 0) is 19.1 Å². The van der Waals surface area contributed by atoms with Crippen molar-refractivity contribution in [3.8, 4) is 6.07 Å². The number of thioether (sulfide) groups is 1. The van der Waals surface area contributed by atoms with E-state index in [4.69, 9.17) is 0 Å². The van der Waals surface area contributed by atoms with E-state index in [2.05, 4.69) is 17.9 Å². The molecule has 2 aromatic carbocycles. The summed E-state index contributed by atoms with van der Waals surface area (Å²) < 4.78 is 0.219. The average molecular weight is 368 g/mol. The Morgan fingerprint density at radius 3 is 2.36 bits per heavy atom. The quantitative estimate of drug-likeness (QED) is 0.347. The van der Waals surface area contributed by atoms with Crippen LogP contribution in [0.4, 0.5) is 5.69 Å². The van der Waals surface area contributed by atoms with E-state index in [0.717, 1.165) is 17.3 Å². The Kier molecular flexibility index (Phi) is 6.87. The maximum atomic E-state index is 12.2. The van der Waals surface area contributed by atoms with Crippen molar-refractivity contribution >= 4 is 41.8 Å². The van der Waals surface area contributed by atoms with Gasteiger partial charge in [0.1, 0.15) is 11.6 Å². The highest BCUT2D eigenvalue weighted by atomic mass is 32.2. The first-order valence-corrected chi connectivity index (χ1v) is 8.87. The van der Waals surface area contributed by atoms with Crippen LogP contribution in [-0.2, 0) is 4.79 Å². The first-order chi connectivity index (χ1) is 12.0. The minimum atomic E-state index is -0.545.